The van der Waals surface area contributed by atoms with Gasteiger partial charge in [0.1, 0.15) is 4.60 Å². The monoisotopic (exact) mass is 323 g/mol. The summed E-state index contributed by atoms with van der Waals surface area (Å²) in [7, 11) is 0. The van der Waals surface area contributed by atoms with Crippen molar-refractivity contribution >= 4 is 33.3 Å². The minimum atomic E-state index is 0.0139. The number of halogens is 1. The number of carbonyl (C=O) groups is 1. The third kappa shape index (κ3) is 2.42. The highest BCUT2D eigenvalue weighted by atomic mass is 79.9. The van der Waals surface area contributed by atoms with Gasteiger partial charge in [-0.3, -0.25) is 4.79 Å². The second-order valence-electron chi connectivity index (χ2n) is 4.68. The maximum absolute atomic E-state index is 11.1. The molecule has 19 heavy (non-hydrogen) atoms. The van der Waals surface area contributed by atoms with Crippen LogP contribution in [0.2, 0.25) is 0 Å². The van der Waals surface area contributed by atoms with E-state index in [4.69, 9.17) is 0 Å². The van der Waals surface area contributed by atoms with E-state index in [0.717, 1.165) is 35.6 Å². The molecule has 7 heteroatoms. The van der Waals surface area contributed by atoms with Crippen LogP contribution in [0, 0.1) is 0 Å². The predicted molar refractivity (Wildman–Crippen MR) is 75.1 cm³/mol. The Morgan fingerprint density at radius 3 is 3.21 bits per heavy atom. The highest BCUT2D eigenvalue weighted by Crippen LogP contribution is 2.24. The molecule has 1 aliphatic heterocycles. The Kier molecular flexibility index (Phi) is 3.14. The van der Waals surface area contributed by atoms with Gasteiger partial charge in [-0.1, -0.05) is 0 Å². The van der Waals surface area contributed by atoms with E-state index in [1.807, 2.05) is 16.8 Å². The summed E-state index contributed by atoms with van der Waals surface area (Å²) in [6, 6.07) is 0.188. The molecule has 0 aromatic carbocycles. The fourth-order valence-corrected chi connectivity index (χ4v) is 2.84. The van der Waals surface area contributed by atoms with Gasteiger partial charge in [-0.05, 0) is 22.4 Å². The van der Waals surface area contributed by atoms with Gasteiger partial charge in [0.2, 0.25) is 5.91 Å². The van der Waals surface area contributed by atoms with Gasteiger partial charge in [-0.15, -0.1) is 0 Å². The topological polar surface area (TPSA) is 62.5 Å². The van der Waals surface area contributed by atoms with E-state index in [1.165, 1.54) is 0 Å². The molecule has 0 saturated carbocycles. The fraction of sp³-hybridized carbons (Fsp3) is 0.417. The third-order valence-corrected chi connectivity index (χ3v) is 3.60. The Hall–Kier alpha value is -1.63. The number of aromatic nitrogens is 3. The van der Waals surface area contributed by atoms with Crippen LogP contribution < -0.4 is 10.2 Å². The lowest BCUT2D eigenvalue weighted by molar-refractivity contribution is -0.119. The van der Waals surface area contributed by atoms with E-state index in [9.17, 15) is 4.79 Å². The van der Waals surface area contributed by atoms with Gasteiger partial charge < -0.3 is 14.6 Å². The molecule has 3 heterocycles. The molecule has 2 aromatic rings. The number of hydrogen-bond acceptors (Lipinski definition) is 4. The summed E-state index contributed by atoms with van der Waals surface area (Å²) in [5, 5.41) is 2.95. The molecule has 6 nitrogen and oxygen atoms in total. The van der Waals surface area contributed by atoms with Crippen LogP contribution in [0.4, 0.5) is 5.82 Å². The Labute approximate surface area is 119 Å². The molecule has 0 bridgehead atoms. The van der Waals surface area contributed by atoms with Crippen molar-refractivity contribution < 1.29 is 4.79 Å². The normalized spacial score (nSPS) is 19.1. The zero-order valence-electron chi connectivity index (χ0n) is 10.5. The predicted octanol–water partition coefficient (Wildman–Crippen LogP) is 1.21. The van der Waals surface area contributed by atoms with Crippen molar-refractivity contribution in [1.82, 2.24) is 19.7 Å². The lowest BCUT2D eigenvalue weighted by Crippen LogP contribution is -2.35. The van der Waals surface area contributed by atoms with Gasteiger partial charge in [0, 0.05) is 44.6 Å². The number of nitrogens with one attached hydrogen (secondary N) is 1. The smallest absolute Gasteiger partial charge is 0.217 e. The number of hydrogen-bond donors (Lipinski definition) is 1. The largest absolute Gasteiger partial charge is 0.352 e. The van der Waals surface area contributed by atoms with Crippen LogP contribution in [0.1, 0.15) is 13.3 Å². The van der Waals surface area contributed by atoms with E-state index in [1.54, 1.807) is 13.1 Å². The van der Waals surface area contributed by atoms with Crippen molar-refractivity contribution in [1.29, 1.82) is 0 Å². The maximum Gasteiger partial charge on any atom is 0.217 e. The van der Waals surface area contributed by atoms with Crippen molar-refractivity contribution in [2.45, 2.75) is 19.4 Å². The second kappa shape index (κ2) is 4.80. The first kappa shape index (κ1) is 12.4. The van der Waals surface area contributed by atoms with Gasteiger partial charge in [-0.2, -0.15) is 0 Å². The lowest BCUT2D eigenvalue weighted by atomic mass is 10.3. The van der Waals surface area contributed by atoms with Gasteiger partial charge in [0.05, 0.1) is 0 Å². The van der Waals surface area contributed by atoms with Crippen molar-refractivity contribution in [3.63, 3.8) is 0 Å². The molecule has 2 aromatic heterocycles. The van der Waals surface area contributed by atoms with Crippen molar-refractivity contribution in [3.05, 3.63) is 23.2 Å². The van der Waals surface area contributed by atoms with E-state index in [-0.39, 0.29) is 11.9 Å². The summed E-state index contributed by atoms with van der Waals surface area (Å²) in [5.74, 6) is 0.868. The van der Waals surface area contributed by atoms with Gasteiger partial charge in [0.15, 0.2) is 11.5 Å². The molecule has 100 valence electrons. The number of fused-ring (bicyclic) bond motifs is 1. The summed E-state index contributed by atoms with van der Waals surface area (Å²) >= 11 is 3.41. The highest BCUT2D eigenvalue weighted by Gasteiger charge is 2.26. The van der Waals surface area contributed by atoms with Crippen LogP contribution in [0.3, 0.4) is 0 Å². The molecule has 0 radical (unpaired) electrons. The Bertz CT molecular complexity index is 626. The lowest BCUT2D eigenvalue weighted by Gasteiger charge is -2.18. The number of carbonyl (C=O) groups excluding carboxylic acids is 1. The second-order valence-corrected chi connectivity index (χ2v) is 5.49. The summed E-state index contributed by atoms with van der Waals surface area (Å²) in [6.07, 6.45) is 6.47. The first-order valence-corrected chi connectivity index (χ1v) is 6.94. The minimum Gasteiger partial charge on any atom is -0.352 e. The van der Waals surface area contributed by atoms with Crippen LogP contribution in [-0.2, 0) is 4.79 Å². The van der Waals surface area contributed by atoms with Crippen LogP contribution in [-0.4, -0.2) is 39.4 Å². The summed E-state index contributed by atoms with van der Waals surface area (Å²) in [4.78, 5) is 22.1. The zero-order valence-corrected chi connectivity index (χ0v) is 12.1. The molecule has 0 aliphatic carbocycles. The molecule has 3 rings (SSSR count). The fourth-order valence-electron chi connectivity index (χ4n) is 2.46. The maximum atomic E-state index is 11.1. The van der Waals surface area contributed by atoms with E-state index in [2.05, 4.69) is 36.1 Å². The van der Waals surface area contributed by atoms with Crippen LogP contribution in [0.15, 0.2) is 23.2 Å². The van der Waals surface area contributed by atoms with Crippen LogP contribution >= 0.6 is 15.9 Å². The number of nitrogens with zero attached hydrogens (tertiary/aromatic N) is 4. The Morgan fingerprint density at radius 1 is 1.58 bits per heavy atom. The SMILES string of the molecule is CC(=O)NC1CCN(c2nc(Br)cn3ccnc23)C1. The summed E-state index contributed by atoms with van der Waals surface area (Å²) in [5.41, 5.74) is 0.840. The molecule has 1 atom stereocenters. The number of amides is 1. The van der Waals surface area contributed by atoms with E-state index in [0.29, 0.717) is 0 Å². The minimum absolute atomic E-state index is 0.0139. The summed E-state index contributed by atoms with van der Waals surface area (Å²) in [6.45, 7) is 3.19. The quantitative estimate of drug-likeness (QED) is 0.902. The van der Waals surface area contributed by atoms with Gasteiger partial charge >= 0.3 is 0 Å². The van der Waals surface area contributed by atoms with Crippen molar-refractivity contribution in [3.8, 4) is 0 Å². The third-order valence-electron chi connectivity index (χ3n) is 3.22. The average molecular weight is 324 g/mol. The van der Waals surface area contributed by atoms with Gasteiger partial charge in [-0.25, -0.2) is 9.97 Å². The molecular formula is C12H14BrN5O. The number of anilines is 1. The zero-order chi connectivity index (χ0) is 13.4. The molecule has 1 amide bonds. The first-order valence-electron chi connectivity index (χ1n) is 6.15. The first-order chi connectivity index (χ1) is 9.13. The van der Waals surface area contributed by atoms with Crippen LogP contribution in [0.25, 0.3) is 5.65 Å². The molecule has 1 fully saturated rings. The highest BCUT2D eigenvalue weighted by molar-refractivity contribution is 9.10. The molecule has 1 saturated heterocycles. The van der Waals surface area contributed by atoms with E-state index >= 15 is 0 Å². The van der Waals surface area contributed by atoms with E-state index < -0.39 is 0 Å². The Morgan fingerprint density at radius 2 is 2.42 bits per heavy atom. The van der Waals surface area contributed by atoms with Crippen molar-refractivity contribution in [2.75, 3.05) is 18.0 Å². The molecular weight excluding hydrogens is 310 g/mol. The van der Waals surface area contributed by atoms with Crippen molar-refractivity contribution in [2.24, 2.45) is 0 Å². The molecule has 1 N–H and O–H groups in total. The standard InChI is InChI=1S/C12H14BrN5O/c1-8(19)15-9-2-4-17(6-9)12-11-14-3-5-18(11)7-10(13)16-12/h3,5,7,9H,2,4,6H2,1H3,(H,15,19). The Balaban J connectivity index is 1.89. The van der Waals surface area contributed by atoms with Crippen LogP contribution in [0.5, 0.6) is 0 Å². The number of imidazole rings is 1. The molecule has 0 spiro atoms. The summed E-state index contributed by atoms with van der Waals surface area (Å²) < 4.78 is 2.72. The number of rotatable bonds is 2. The molecule has 1 aliphatic rings. The van der Waals surface area contributed by atoms with Gasteiger partial charge in [0.25, 0.3) is 0 Å². The average Bonchev–Trinajstić information content (AvgIpc) is 2.95. The molecule has 1 unspecified atom stereocenters.